The van der Waals surface area contributed by atoms with Crippen molar-refractivity contribution in [3.05, 3.63) is 145 Å². The van der Waals surface area contributed by atoms with Gasteiger partial charge in [-0.1, -0.05) is 80.3 Å². The Morgan fingerprint density at radius 3 is 2.28 bits per heavy atom. The van der Waals surface area contributed by atoms with E-state index in [0.717, 1.165) is 71.3 Å². The van der Waals surface area contributed by atoms with E-state index in [2.05, 4.69) is 114 Å². The summed E-state index contributed by atoms with van der Waals surface area (Å²) in [4.78, 5) is 9.67. The third kappa shape index (κ3) is 7.99. The first-order valence-electron chi connectivity index (χ1n) is 19.0. The van der Waals surface area contributed by atoms with Crippen LogP contribution >= 0.6 is 0 Å². The first kappa shape index (κ1) is 35.7. The maximum absolute atomic E-state index is 8.56. The molecule has 3 heterocycles. The Balaban J connectivity index is 0.000000198. The van der Waals surface area contributed by atoms with Gasteiger partial charge in [0.05, 0.1) is 22.4 Å². The molecule has 271 valence electrons. The van der Waals surface area contributed by atoms with Gasteiger partial charge in [0.1, 0.15) is 5.58 Å². The van der Waals surface area contributed by atoms with Crippen LogP contribution in [-0.4, -0.2) is 27.8 Å². The van der Waals surface area contributed by atoms with Crippen molar-refractivity contribution in [1.29, 1.82) is 0 Å². The van der Waals surface area contributed by atoms with Crippen molar-refractivity contribution in [2.75, 3.05) is 0 Å². The second-order valence-corrected chi connectivity index (χ2v) is 26.2. The maximum Gasteiger partial charge on any atom is 0 e. The summed E-state index contributed by atoms with van der Waals surface area (Å²) in [6.45, 7) is 10.6. The number of hydrogen-bond acceptors (Lipinski definition) is 3. The first-order chi connectivity index (χ1) is 25.7. The number of imidazole rings is 1. The number of aromatic nitrogens is 3. The van der Waals surface area contributed by atoms with Crippen LogP contribution in [0.5, 0.6) is 0 Å². The van der Waals surface area contributed by atoms with Crippen molar-refractivity contribution in [2.24, 2.45) is 5.92 Å². The van der Waals surface area contributed by atoms with Crippen molar-refractivity contribution < 1.29 is 27.3 Å². The standard InChI is InChI=1S/C29H23N2O.C18H24GeN.Ir/c1-29(2,3)22-14-5-7-16-24(22)31-25-17-8-6-15-23(25)30-28(31)21-13-10-12-20-19-11-4-9-18-26(19)32-27(20)21;1-14(2)11-16-12-18(15-9-7-6-8-10-15)20-13-17(16)19(3,4)5;/h4-12,14-18H,1-3H3;6-9,12-14H,11H2,1-5H3;/q2*-1;/i;11D2;. The quantitative estimate of drug-likeness (QED) is 0.123. The first-order valence-corrected chi connectivity index (χ1v) is 25.4. The Labute approximate surface area is 333 Å². The van der Waals surface area contributed by atoms with E-state index >= 15 is 0 Å². The molecule has 0 unspecified atom stereocenters. The van der Waals surface area contributed by atoms with E-state index in [9.17, 15) is 0 Å². The molecular weight excluding hydrogens is 887 g/mol. The Morgan fingerprint density at radius 2 is 1.55 bits per heavy atom. The predicted molar refractivity (Wildman–Crippen MR) is 221 cm³/mol. The number of benzene rings is 5. The predicted octanol–water partition coefficient (Wildman–Crippen LogP) is 12.0. The summed E-state index contributed by atoms with van der Waals surface area (Å²) in [7, 11) is 0. The number of para-hydroxylation sites is 4. The number of pyridine rings is 1. The molecule has 0 saturated carbocycles. The molecule has 0 aliphatic carbocycles. The zero-order chi connectivity index (χ0) is 38.4. The van der Waals surface area contributed by atoms with E-state index in [-0.39, 0.29) is 31.4 Å². The van der Waals surface area contributed by atoms with Crippen LogP contribution in [0, 0.1) is 18.1 Å². The van der Waals surface area contributed by atoms with Crippen molar-refractivity contribution in [3.63, 3.8) is 0 Å². The van der Waals surface area contributed by atoms with Crippen molar-refractivity contribution in [2.45, 2.75) is 63.7 Å². The van der Waals surface area contributed by atoms with Crippen LogP contribution in [0.2, 0.25) is 17.3 Å². The van der Waals surface area contributed by atoms with Gasteiger partial charge in [-0.3, -0.25) is 4.98 Å². The summed E-state index contributed by atoms with van der Waals surface area (Å²) >= 11 is -2.20. The molecule has 0 N–H and O–H groups in total. The Kier molecular flexibility index (Phi) is 10.5. The number of fused-ring (bicyclic) bond motifs is 4. The molecule has 0 atom stereocenters. The molecule has 5 aromatic carbocycles. The zero-order valence-electron chi connectivity index (χ0n) is 33.7. The second kappa shape index (κ2) is 15.6. The minimum atomic E-state index is -2.20. The minimum absolute atomic E-state index is 0. The van der Waals surface area contributed by atoms with Gasteiger partial charge in [0.25, 0.3) is 0 Å². The topological polar surface area (TPSA) is 43.9 Å². The van der Waals surface area contributed by atoms with Gasteiger partial charge in [0.2, 0.25) is 0 Å². The van der Waals surface area contributed by atoms with Crippen LogP contribution in [-0.2, 0) is 31.9 Å². The van der Waals surface area contributed by atoms with Gasteiger partial charge in [-0.25, -0.2) is 0 Å². The van der Waals surface area contributed by atoms with E-state index in [4.69, 9.17) is 12.1 Å². The summed E-state index contributed by atoms with van der Waals surface area (Å²) in [6.07, 6.45) is 0.562. The van der Waals surface area contributed by atoms with E-state index in [1.165, 1.54) is 5.56 Å². The number of nitrogens with zero attached hydrogens (tertiary/aromatic N) is 3. The normalized spacial score (nSPS) is 12.7. The molecule has 0 bridgehead atoms. The van der Waals surface area contributed by atoms with E-state index in [0.29, 0.717) is 0 Å². The number of furan rings is 1. The molecule has 0 aliphatic heterocycles. The number of rotatable bonds is 6. The fourth-order valence-corrected chi connectivity index (χ4v) is 9.73. The van der Waals surface area contributed by atoms with Crippen molar-refractivity contribution in [1.82, 2.24) is 14.5 Å². The van der Waals surface area contributed by atoms with Crippen LogP contribution in [0.1, 0.15) is 48.5 Å². The monoisotopic (exact) mass is 938 g/mol. The van der Waals surface area contributed by atoms with Gasteiger partial charge in [-0.2, -0.15) is 0 Å². The average molecular weight is 937 g/mol. The molecule has 0 fully saturated rings. The summed E-state index contributed by atoms with van der Waals surface area (Å²) in [6, 6.07) is 45.4. The maximum atomic E-state index is 8.56. The Morgan fingerprint density at radius 1 is 0.830 bits per heavy atom. The molecule has 8 rings (SSSR count). The van der Waals surface area contributed by atoms with Gasteiger partial charge >= 0.3 is 128 Å². The fourth-order valence-electron chi connectivity index (χ4n) is 6.78. The second-order valence-electron chi connectivity index (χ2n) is 15.7. The van der Waals surface area contributed by atoms with Gasteiger partial charge in [-0.15, -0.1) is 18.2 Å². The zero-order valence-corrected chi connectivity index (χ0v) is 36.2. The summed E-state index contributed by atoms with van der Waals surface area (Å²) in [5, 5.41) is 2.19. The molecular formula is C47H47GeIrN3O-2. The number of hydrogen-bond donors (Lipinski definition) is 0. The summed E-state index contributed by atoms with van der Waals surface area (Å²) in [5.74, 6) is 7.61. The Bertz CT molecular complexity index is 2600. The van der Waals surface area contributed by atoms with Crippen LogP contribution in [0.3, 0.4) is 0 Å². The van der Waals surface area contributed by atoms with E-state index in [1.807, 2.05) is 80.7 Å². The molecule has 8 aromatic rings. The van der Waals surface area contributed by atoms with Crippen LogP contribution < -0.4 is 4.40 Å². The molecule has 4 nitrogen and oxygen atoms in total. The van der Waals surface area contributed by atoms with Crippen molar-refractivity contribution in [3.8, 4) is 28.3 Å². The average Bonchev–Trinajstić information content (AvgIpc) is 3.73. The van der Waals surface area contributed by atoms with Crippen LogP contribution in [0.4, 0.5) is 0 Å². The van der Waals surface area contributed by atoms with Crippen molar-refractivity contribution >= 4 is 50.6 Å². The third-order valence-electron chi connectivity index (χ3n) is 9.22. The molecule has 53 heavy (non-hydrogen) atoms. The van der Waals surface area contributed by atoms with E-state index < -0.39 is 19.6 Å². The minimum Gasteiger partial charge on any atom is 0 e. The summed E-state index contributed by atoms with van der Waals surface area (Å²) in [5.41, 5.74) is 9.50. The van der Waals surface area contributed by atoms with Crippen LogP contribution in [0.25, 0.3) is 61.3 Å². The molecule has 1 radical (unpaired) electrons. The van der Waals surface area contributed by atoms with Gasteiger partial charge < -0.3 is 8.98 Å². The van der Waals surface area contributed by atoms with Gasteiger partial charge in [-0.05, 0) is 35.2 Å². The molecule has 0 saturated heterocycles. The van der Waals surface area contributed by atoms with Gasteiger partial charge in [0, 0.05) is 31.2 Å². The smallest absolute Gasteiger partial charge is 0 e. The Hall–Kier alpha value is -4.29. The van der Waals surface area contributed by atoms with Crippen LogP contribution in [0.15, 0.2) is 126 Å². The molecule has 3 aromatic heterocycles. The molecule has 6 heteroatoms. The summed E-state index contributed by atoms with van der Waals surface area (Å²) < 4.78 is 26.9. The SMILES string of the molecule is CC(C)(C)c1ccccc1-n1c(-c2[c-]ccc3c2oc2ccccc23)nc2ccccc21.[2H]C([2H])(c1cc(-c2[c-]cccc2)nc[c]1[Ge]([CH3])([CH3])[CH3])C(C)C.[Ir]. The third-order valence-corrected chi connectivity index (χ3v) is 13.4. The largest absolute Gasteiger partial charge is 0 e. The molecule has 0 spiro atoms. The van der Waals surface area contributed by atoms with E-state index in [1.54, 1.807) is 0 Å². The molecule has 0 aliphatic rings. The molecule has 0 amide bonds. The fraction of sp³-hybridized carbons (Fsp3) is 0.234. The van der Waals surface area contributed by atoms with Gasteiger partial charge in [0.15, 0.2) is 0 Å².